The molecule has 4 heteroatoms. The Kier molecular flexibility index (Phi) is 1.96. The molecule has 1 aromatic heterocycles. The summed E-state index contributed by atoms with van der Waals surface area (Å²) in [6, 6.07) is 5.34. The van der Waals surface area contributed by atoms with Gasteiger partial charge in [0.15, 0.2) is 5.75 Å². The van der Waals surface area contributed by atoms with E-state index in [1.807, 2.05) is 13.0 Å². The lowest BCUT2D eigenvalue weighted by Gasteiger charge is -1.99. The SMILES string of the molecule is CC(=O)Oc1cccc2c(C)noc12. The molecular weight excluding hydrogens is 182 g/mol. The largest absolute Gasteiger partial charge is 0.423 e. The Morgan fingerprint density at radius 3 is 3.00 bits per heavy atom. The molecule has 0 saturated carbocycles. The molecule has 0 atom stereocenters. The Bertz CT molecular complexity index is 487. The number of ether oxygens (including phenoxy) is 1. The van der Waals surface area contributed by atoms with Crippen molar-refractivity contribution in [2.24, 2.45) is 0 Å². The van der Waals surface area contributed by atoms with Crippen molar-refractivity contribution < 1.29 is 14.1 Å². The van der Waals surface area contributed by atoms with Crippen molar-refractivity contribution >= 4 is 16.9 Å². The number of benzene rings is 1. The molecule has 72 valence electrons. The van der Waals surface area contributed by atoms with Crippen LogP contribution in [-0.4, -0.2) is 11.1 Å². The van der Waals surface area contributed by atoms with E-state index in [0.29, 0.717) is 11.3 Å². The molecule has 4 nitrogen and oxygen atoms in total. The Hall–Kier alpha value is -1.84. The van der Waals surface area contributed by atoms with Gasteiger partial charge in [0.25, 0.3) is 0 Å². The normalized spacial score (nSPS) is 10.4. The smallest absolute Gasteiger partial charge is 0.308 e. The molecule has 0 aliphatic carbocycles. The van der Waals surface area contributed by atoms with Crippen molar-refractivity contribution in [1.82, 2.24) is 5.16 Å². The number of carbonyl (C=O) groups excluding carboxylic acids is 1. The average molecular weight is 191 g/mol. The molecular formula is C10H9NO3. The second kappa shape index (κ2) is 3.14. The van der Waals surface area contributed by atoms with E-state index >= 15 is 0 Å². The highest BCUT2D eigenvalue weighted by atomic mass is 16.5. The van der Waals surface area contributed by atoms with E-state index in [2.05, 4.69) is 5.16 Å². The van der Waals surface area contributed by atoms with Crippen LogP contribution in [-0.2, 0) is 4.79 Å². The van der Waals surface area contributed by atoms with Crippen LogP contribution in [0.3, 0.4) is 0 Å². The van der Waals surface area contributed by atoms with Gasteiger partial charge in [0.05, 0.1) is 5.69 Å². The number of hydrogen-bond acceptors (Lipinski definition) is 4. The lowest BCUT2D eigenvalue weighted by Crippen LogP contribution is -2.01. The van der Waals surface area contributed by atoms with Crippen LogP contribution in [0, 0.1) is 6.92 Å². The molecule has 0 saturated heterocycles. The van der Waals surface area contributed by atoms with Gasteiger partial charge in [-0.25, -0.2) is 0 Å². The van der Waals surface area contributed by atoms with E-state index in [-0.39, 0.29) is 5.97 Å². The first-order valence-electron chi connectivity index (χ1n) is 4.22. The van der Waals surface area contributed by atoms with Gasteiger partial charge in [-0.3, -0.25) is 4.79 Å². The summed E-state index contributed by atoms with van der Waals surface area (Å²) in [7, 11) is 0. The summed E-state index contributed by atoms with van der Waals surface area (Å²) in [6.45, 7) is 3.19. The first-order chi connectivity index (χ1) is 6.68. The molecule has 0 fully saturated rings. The minimum Gasteiger partial charge on any atom is -0.423 e. The molecule has 2 rings (SSSR count). The number of para-hydroxylation sites is 1. The first-order valence-corrected chi connectivity index (χ1v) is 4.22. The van der Waals surface area contributed by atoms with Crippen LogP contribution in [0.25, 0.3) is 11.0 Å². The summed E-state index contributed by atoms with van der Waals surface area (Å²) in [5.74, 6) is 0.0437. The summed E-state index contributed by atoms with van der Waals surface area (Å²) in [6.07, 6.45) is 0. The zero-order valence-corrected chi connectivity index (χ0v) is 7.90. The van der Waals surface area contributed by atoms with Gasteiger partial charge >= 0.3 is 5.97 Å². The Balaban J connectivity index is 2.59. The third-order valence-electron chi connectivity index (χ3n) is 1.90. The van der Waals surface area contributed by atoms with Crippen LogP contribution < -0.4 is 4.74 Å². The topological polar surface area (TPSA) is 52.3 Å². The molecule has 1 aromatic carbocycles. The summed E-state index contributed by atoms with van der Waals surface area (Å²) < 4.78 is 10.0. The van der Waals surface area contributed by atoms with Gasteiger partial charge in [0, 0.05) is 12.3 Å². The van der Waals surface area contributed by atoms with E-state index in [1.165, 1.54) is 6.92 Å². The fourth-order valence-corrected chi connectivity index (χ4v) is 1.29. The zero-order chi connectivity index (χ0) is 10.1. The number of esters is 1. The summed E-state index contributed by atoms with van der Waals surface area (Å²) >= 11 is 0. The summed E-state index contributed by atoms with van der Waals surface area (Å²) in [5, 5.41) is 4.66. The highest BCUT2D eigenvalue weighted by molar-refractivity contribution is 5.86. The van der Waals surface area contributed by atoms with Crippen molar-refractivity contribution in [2.75, 3.05) is 0 Å². The number of carbonyl (C=O) groups is 1. The summed E-state index contributed by atoms with van der Waals surface area (Å²) in [4.78, 5) is 10.8. The third-order valence-corrected chi connectivity index (χ3v) is 1.90. The van der Waals surface area contributed by atoms with Gasteiger partial charge in [0.2, 0.25) is 5.58 Å². The number of nitrogens with zero attached hydrogens (tertiary/aromatic N) is 1. The molecule has 0 radical (unpaired) electrons. The number of aryl methyl sites for hydroxylation is 1. The van der Waals surface area contributed by atoms with Crippen LogP contribution in [0.5, 0.6) is 5.75 Å². The lowest BCUT2D eigenvalue weighted by atomic mass is 10.2. The van der Waals surface area contributed by atoms with E-state index < -0.39 is 0 Å². The van der Waals surface area contributed by atoms with E-state index in [0.717, 1.165) is 11.1 Å². The van der Waals surface area contributed by atoms with Crippen LogP contribution in [0.15, 0.2) is 22.7 Å². The number of aromatic nitrogens is 1. The van der Waals surface area contributed by atoms with Gasteiger partial charge in [-0.05, 0) is 19.1 Å². The predicted octanol–water partition coefficient (Wildman–Crippen LogP) is 2.06. The molecule has 0 N–H and O–H groups in total. The van der Waals surface area contributed by atoms with Crippen molar-refractivity contribution in [2.45, 2.75) is 13.8 Å². The second-order valence-electron chi connectivity index (χ2n) is 2.99. The fraction of sp³-hybridized carbons (Fsp3) is 0.200. The summed E-state index contributed by atoms with van der Waals surface area (Å²) in [5.41, 5.74) is 1.30. The molecule has 0 unspecified atom stereocenters. The van der Waals surface area contributed by atoms with Crippen LogP contribution in [0.1, 0.15) is 12.6 Å². The highest BCUT2D eigenvalue weighted by Crippen LogP contribution is 2.27. The van der Waals surface area contributed by atoms with Gasteiger partial charge in [-0.1, -0.05) is 11.2 Å². The van der Waals surface area contributed by atoms with Crippen molar-refractivity contribution in [3.63, 3.8) is 0 Å². The zero-order valence-electron chi connectivity index (χ0n) is 7.90. The third kappa shape index (κ3) is 1.35. The second-order valence-corrected chi connectivity index (χ2v) is 2.99. The molecule has 2 aromatic rings. The molecule has 0 aliphatic heterocycles. The maximum absolute atomic E-state index is 10.8. The van der Waals surface area contributed by atoms with E-state index in [1.54, 1.807) is 12.1 Å². The Labute approximate surface area is 80.4 Å². The molecule has 1 heterocycles. The quantitative estimate of drug-likeness (QED) is 0.511. The first kappa shape index (κ1) is 8.74. The minimum absolute atomic E-state index is 0.369. The maximum Gasteiger partial charge on any atom is 0.308 e. The minimum atomic E-state index is -0.369. The van der Waals surface area contributed by atoms with Crippen molar-refractivity contribution in [3.8, 4) is 5.75 Å². The standard InChI is InChI=1S/C10H9NO3/c1-6-8-4-3-5-9(13-7(2)12)10(8)14-11-6/h3-5H,1-2H3. The molecule has 0 amide bonds. The van der Waals surface area contributed by atoms with Gasteiger partial charge in [0.1, 0.15) is 0 Å². The monoisotopic (exact) mass is 191 g/mol. The van der Waals surface area contributed by atoms with Crippen LogP contribution in [0.2, 0.25) is 0 Å². The lowest BCUT2D eigenvalue weighted by molar-refractivity contribution is -0.131. The molecule has 14 heavy (non-hydrogen) atoms. The Morgan fingerprint density at radius 1 is 1.50 bits per heavy atom. The van der Waals surface area contributed by atoms with Crippen LogP contribution >= 0.6 is 0 Å². The maximum atomic E-state index is 10.8. The molecule has 0 bridgehead atoms. The van der Waals surface area contributed by atoms with Gasteiger partial charge in [-0.2, -0.15) is 0 Å². The van der Waals surface area contributed by atoms with Gasteiger partial charge in [-0.15, -0.1) is 0 Å². The van der Waals surface area contributed by atoms with Crippen molar-refractivity contribution in [3.05, 3.63) is 23.9 Å². The van der Waals surface area contributed by atoms with E-state index in [4.69, 9.17) is 9.26 Å². The van der Waals surface area contributed by atoms with Crippen LogP contribution in [0.4, 0.5) is 0 Å². The van der Waals surface area contributed by atoms with Gasteiger partial charge < -0.3 is 9.26 Å². The fourth-order valence-electron chi connectivity index (χ4n) is 1.29. The number of rotatable bonds is 1. The average Bonchev–Trinajstić information content (AvgIpc) is 2.49. The number of hydrogen-bond donors (Lipinski definition) is 0. The highest BCUT2D eigenvalue weighted by Gasteiger charge is 2.10. The molecule has 0 spiro atoms. The molecule has 0 aliphatic rings. The van der Waals surface area contributed by atoms with Crippen molar-refractivity contribution in [1.29, 1.82) is 0 Å². The van der Waals surface area contributed by atoms with E-state index in [9.17, 15) is 4.79 Å². The number of fused-ring (bicyclic) bond motifs is 1. The predicted molar refractivity (Wildman–Crippen MR) is 50.1 cm³/mol. The Morgan fingerprint density at radius 2 is 2.29 bits per heavy atom.